The van der Waals surface area contributed by atoms with E-state index in [0.717, 1.165) is 0 Å². The van der Waals surface area contributed by atoms with Crippen molar-refractivity contribution in [1.82, 2.24) is 0 Å². The topological polar surface area (TPSA) is 23.1 Å². The normalized spacial score (nSPS) is 11.5. The summed E-state index contributed by atoms with van der Waals surface area (Å²) in [6, 6.07) is 10.1. The first-order valence-corrected chi connectivity index (χ1v) is 5.64. The van der Waals surface area contributed by atoms with Crippen LogP contribution in [0.1, 0.15) is 6.92 Å². The van der Waals surface area contributed by atoms with Gasteiger partial charge in [-0.2, -0.15) is 0 Å². The van der Waals surface area contributed by atoms with E-state index >= 15 is 0 Å². The molecule has 0 bridgehead atoms. The molecular formula is C9H9IO. The van der Waals surface area contributed by atoms with Crippen molar-refractivity contribution < 1.29 is 26.3 Å². The van der Waals surface area contributed by atoms with Crippen LogP contribution in [0.5, 0.6) is 0 Å². The molecule has 0 saturated heterocycles. The lowest BCUT2D eigenvalue weighted by Gasteiger charge is -1.93. The number of rotatable bonds is 2. The Bertz CT molecular complexity index is 237. The second kappa shape index (κ2) is 4.38. The SMILES string of the molecule is C/C([O-])=C/[I+]c1ccccc1. The smallest absolute Gasteiger partial charge is 0.348 e. The molecule has 0 radical (unpaired) electrons. The lowest BCUT2D eigenvalue weighted by atomic mass is 10.4. The Morgan fingerprint density at radius 1 is 1.36 bits per heavy atom. The van der Waals surface area contributed by atoms with Crippen LogP contribution in [0.2, 0.25) is 0 Å². The third-order valence-corrected chi connectivity index (χ3v) is 3.69. The number of halogens is 1. The van der Waals surface area contributed by atoms with E-state index < -0.39 is 0 Å². The molecule has 0 aliphatic heterocycles. The molecule has 0 heterocycles. The number of allylic oxidation sites excluding steroid dienone is 1. The van der Waals surface area contributed by atoms with Gasteiger partial charge in [0.25, 0.3) is 0 Å². The maximum Gasteiger partial charge on any atom is 0.348 e. The lowest BCUT2D eigenvalue weighted by Crippen LogP contribution is -3.59. The van der Waals surface area contributed by atoms with Gasteiger partial charge in [-0.1, -0.05) is 30.9 Å². The fourth-order valence-electron chi connectivity index (χ4n) is 0.627. The molecule has 1 nitrogen and oxygen atoms in total. The highest BCUT2D eigenvalue weighted by atomic mass is 127. The van der Waals surface area contributed by atoms with E-state index in [0.29, 0.717) is 0 Å². The van der Waals surface area contributed by atoms with Crippen LogP contribution in [0.15, 0.2) is 40.2 Å². The molecule has 0 fully saturated rings. The highest BCUT2D eigenvalue weighted by Crippen LogP contribution is 1.82. The van der Waals surface area contributed by atoms with Gasteiger partial charge in [0.05, 0.1) is 0 Å². The summed E-state index contributed by atoms with van der Waals surface area (Å²) < 4.78 is 3.09. The van der Waals surface area contributed by atoms with Crippen LogP contribution in [0.4, 0.5) is 0 Å². The first-order valence-electron chi connectivity index (χ1n) is 3.31. The van der Waals surface area contributed by atoms with Crippen molar-refractivity contribution >= 4 is 0 Å². The van der Waals surface area contributed by atoms with Crippen LogP contribution in [0.3, 0.4) is 0 Å². The molecule has 0 aromatic heterocycles. The molecule has 0 N–H and O–H groups in total. The van der Waals surface area contributed by atoms with E-state index in [-0.39, 0.29) is 27.0 Å². The van der Waals surface area contributed by atoms with Gasteiger partial charge in [-0.25, -0.2) is 0 Å². The molecule has 0 spiro atoms. The summed E-state index contributed by atoms with van der Waals surface area (Å²) in [6.45, 7) is 1.60. The van der Waals surface area contributed by atoms with Gasteiger partial charge in [0.2, 0.25) is 0 Å². The summed E-state index contributed by atoms with van der Waals surface area (Å²) in [5, 5.41) is 10.6. The van der Waals surface area contributed by atoms with Crippen molar-refractivity contribution in [1.29, 1.82) is 0 Å². The Morgan fingerprint density at radius 2 is 2.00 bits per heavy atom. The maximum atomic E-state index is 10.6. The van der Waals surface area contributed by atoms with Gasteiger partial charge in [0.15, 0.2) is 3.57 Å². The Kier molecular flexibility index (Phi) is 3.42. The lowest BCUT2D eigenvalue weighted by molar-refractivity contribution is -0.563. The van der Waals surface area contributed by atoms with E-state index in [9.17, 15) is 5.11 Å². The third-order valence-electron chi connectivity index (χ3n) is 1.07. The van der Waals surface area contributed by atoms with E-state index in [1.54, 1.807) is 11.0 Å². The van der Waals surface area contributed by atoms with E-state index in [1.165, 1.54) is 3.57 Å². The zero-order chi connectivity index (χ0) is 8.10. The molecule has 0 amide bonds. The molecule has 2 heteroatoms. The standard InChI is InChI=1S/C9H9IO/c1-8(11)7-10-9-5-3-2-4-6-9/h2-7H,1H3/b8-7-. The van der Waals surface area contributed by atoms with Crippen molar-refractivity contribution in [2.75, 3.05) is 0 Å². The van der Waals surface area contributed by atoms with Crippen LogP contribution >= 0.6 is 0 Å². The molecule has 0 atom stereocenters. The van der Waals surface area contributed by atoms with Gasteiger partial charge in [-0.05, 0) is 12.1 Å². The Hall–Kier alpha value is -0.510. The van der Waals surface area contributed by atoms with Crippen molar-refractivity contribution in [3.8, 4) is 0 Å². The van der Waals surface area contributed by atoms with Crippen LogP contribution < -0.4 is 26.3 Å². The largest absolute Gasteiger partial charge is 0.873 e. The van der Waals surface area contributed by atoms with Crippen molar-refractivity contribution in [3.63, 3.8) is 0 Å². The van der Waals surface area contributed by atoms with Crippen molar-refractivity contribution in [2.24, 2.45) is 0 Å². The van der Waals surface area contributed by atoms with Gasteiger partial charge in [0.1, 0.15) is 4.08 Å². The van der Waals surface area contributed by atoms with Crippen molar-refractivity contribution in [2.45, 2.75) is 6.92 Å². The van der Waals surface area contributed by atoms with Gasteiger partial charge in [-0.3, -0.25) is 0 Å². The average molecular weight is 260 g/mol. The maximum absolute atomic E-state index is 10.6. The second-order valence-corrected chi connectivity index (χ2v) is 4.62. The van der Waals surface area contributed by atoms with Gasteiger partial charge < -0.3 is 5.11 Å². The summed E-state index contributed by atoms with van der Waals surface area (Å²) in [6.07, 6.45) is 0. The van der Waals surface area contributed by atoms with Crippen LogP contribution in [0.25, 0.3) is 0 Å². The van der Waals surface area contributed by atoms with E-state index in [4.69, 9.17) is 0 Å². The molecule has 0 saturated carbocycles. The van der Waals surface area contributed by atoms with E-state index in [2.05, 4.69) is 12.1 Å². The predicted octanol–water partition coefficient (Wildman–Crippen LogP) is -1.83. The number of benzene rings is 1. The minimum Gasteiger partial charge on any atom is -0.873 e. The van der Waals surface area contributed by atoms with E-state index in [1.807, 2.05) is 18.2 Å². The average Bonchev–Trinajstić information content (AvgIpc) is 2.03. The molecule has 0 aliphatic rings. The summed E-state index contributed by atoms with van der Waals surface area (Å²) in [5.41, 5.74) is 0. The minimum absolute atomic E-state index is 0.182. The Labute approximate surface area is 77.0 Å². The summed E-state index contributed by atoms with van der Waals surface area (Å²) in [7, 11) is 0. The van der Waals surface area contributed by atoms with Crippen LogP contribution in [-0.4, -0.2) is 0 Å². The monoisotopic (exact) mass is 260 g/mol. The van der Waals surface area contributed by atoms with Crippen LogP contribution in [0, 0.1) is 3.57 Å². The zero-order valence-electron chi connectivity index (χ0n) is 6.25. The molecule has 1 aromatic carbocycles. The Morgan fingerprint density at radius 3 is 2.55 bits per heavy atom. The molecule has 58 valence electrons. The summed E-state index contributed by atoms with van der Waals surface area (Å²) in [5.74, 6) is 0.182. The van der Waals surface area contributed by atoms with Gasteiger partial charge in [-0.15, -0.1) is 0 Å². The molecule has 0 unspecified atom stereocenters. The first-order chi connectivity index (χ1) is 5.29. The minimum atomic E-state index is -0.188. The fourth-order valence-corrected chi connectivity index (χ4v) is 2.26. The summed E-state index contributed by atoms with van der Waals surface area (Å²) >= 11 is -0.188. The Balaban J connectivity index is 2.59. The predicted molar refractivity (Wildman–Crippen MR) is 38.9 cm³/mol. The molecule has 1 rings (SSSR count). The molecule has 11 heavy (non-hydrogen) atoms. The second-order valence-electron chi connectivity index (χ2n) is 2.12. The zero-order valence-corrected chi connectivity index (χ0v) is 8.41. The molecule has 1 aromatic rings. The van der Waals surface area contributed by atoms with Crippen LogP contribution in [-0.2, 0) is 0 Å². The number of hydrogen-bond acceptors (Lipinski definition) is 1. The highest BCUT2D eigenvalue weighted by molar-refractivity contribution is 4.99. The number of hydrogen-bond donors (Lipinski definition) is 0. The molecule has 0 aliphatic carbocycles. The summed E-state index contributed by atoms with van der Waals surface area (Å²) in [4.78, 5) is 0. The molecular weight excluding hydrogens is 251 g/mol. The van der Waals surface area contributed by atoms with Gasteiger partial charge in [0, 0.05) is 0 Å². The first kappa shape index (κ1) is 8.59. The fraction of sp³-hybridized carbons (Fsp3) is 0.111. The highest BCUT2D eigenvalue weighted by Gasteiger charge is 2.03. The third kappa shape index (κ3) is 3.41. The van der Waals surface area contributed by atoms with Gasteiger partial charge >= 0.3 is 21.2 Å². The quantitative estimate of drug-likeness (QED) is 0.453. The van der Waals surface area contributed by atoms with Crippen molar-refractivity contribution in [3.05, 3.63) is 43.7 Å².